The lowest BCUT2D eigenvalue weighted by Gasteiger charge is -2.33. The summed E-state index contributed by atoms with van der Waals surface area (Å²) in [5.74, 6) is 0. The van der Waals surface area contributed by atoms with Gasteiger partial charge in [-0.15, -0.1) is 0 Å². The van der Waals surface area contributed by atoms with E-state index in [-0.39, 0.29) is 6.03 Å². The molecule has 0 bridgehead atoms. The molecule has 2 rings (SSSR count). The van der Waals surface area contributed by atoms with Crippen LogP contribution in [0.1, 0.15) is 25.7 Å². The lowest BCUT2D eigenvalue weighted by Crippen LogP contribution is -2.52. The van der Waals surface area contributed by atoms with Gasteiger partial charge in [0, 0.05) is 19.1 Å². The summed E-state index contributed by atoms with van der Waals surface area (Å²) in [6.07, 6.45) is 4.23. The van der Waals surface area contributed by atoms with Gasteiger partial charge in [0.05, 0.1) is 0 Å². The molecule has 3 N–H and O–H groups in total. The molecule has 0 aliphatic carbocycles. The molecule has 2 fully saturated rings. The smallest absolute Gasteiger partial charge is 0.317 e. The third-order valence-corrected chi connectivity index (χ3v) is 3.84. The van der Waals surface area contributed by atoms with Gasteiger partial charge in [-0.25, -0.2) is 4.79 Å². The lowest BCUT2D eigenvalue weighted by atomic mass is 10.1. The van der Waals surface area contributed by atoms with E-state index in [2.05, 4.69) is 16.0 Å². The van der Waals surface area contributed by atoms with Gasteiger partial charge in [-0.1, -0.05) is 0 Å². The van der Waals surface area contributed by atoms with Crippen molar-refractivity contribution in [1.82, 2.24) is 20.9 Å². The Morgan fingerprint density at radius 1 is 1.06 bits per heavy atom. The molecule has 0 aromatic carbocycles. The summed E-state index contributed by atoms with van der Waals surface area (Å²) in [7, 11) is 1.92. The molecule has 5 nitrogen and oxygen atoms in total. The van der Waals surface area contributed by atoms with Crippen molar-refractivity contribution in [2.45, 2.75) is 37.8 Å². The number of carbonyl (C=O) groups is 1. The summed E-state index contributed by atoms with van der Waals surface area (Å²) >= 11 is 0. The van der Waals surface area contributed by atoms with Gasteiger partial charge in [0.15, 0.2) is 0 Å². The number of nitrogens with one attached hydrogen (secondary N) is 3. The van der Waals surface area contributed by atoms with Crippen LogP contribution in [0.2, 0.25) is 0 Å². The molecule has 2 aliphatic heterocycles. The fourth-order valence-electron chi connectivity index (χ4n) is 2.60. The summed E-state index contributed by atoms with van der Waals surface area (Å²) < 4.78 is 0. The van der Waals surface area contributed by atoms with Gasteiger partial charge < -0.3 is 20.9 Å². The van der Waals surface area contributed by atoms with Crippen LogP contribution in [0, 0.1) is 0 Å². The molecule has 17 heavy (non-hydrogen) atoms. The lowest BCUT2D eigenvalue weighted by molar-refractivity contribution is 0.170. The second-order valence-electron chi connectivity index (χ2n) is 5.07. The number of piperidine rings is 2. The Morgan fingerprint density at radius 2 is 1.59 bits per heavy atom. The van der Waals surface area contributed by atoms with Gasteiger partial charge >= 0.3 is 6.03 Å². The van der Waals surface area contributed by atoms with Crippen LogP contribution in [0.3, 0.4) is 0 Å². The summed E-state index contributed by atoms with van der Waals surface area (Å²) in [4.78, 5) is 14.0. The van der Waals surface area contributed by atoms with Crippen molar-refractivity contribution in [2.24, 2.45) is 0 Å². The first-order chi connectivity index (χ1) is 8.27. The van der Waals surface area contributed by atoms with Gasteiger partial charge in [-0.3, -0.25) is 0 Å². The van der Waals surface area contributed by atoms with Crippen molar-refractivity contribution in [3.05, 3.63) is 0 Å². The first kappa shape index (κ1) is 12.6. The maximum Gasteiger partial charge on any atom is 0.317 e. The Kier molecular flexibility index (Phi) is 4.62. The maximum atomic E-state index is 12.1. The van der Waals surface area contributed by atoms with Gasteiger partial charge in [-0.05, 0) is 51.9 Å². The zero-order chi connectivity index (χ0) is 12.1. The maximum absolute atomic E-state index is 12.1. The molecule has 0 radical (unpaired) electrons. The molecule has 98 valence electrons. The Bertz CT molecular complexity index is 247. The highest BCUT2D eigenvalue weighted by molar-refractivity contribution is 5.74. The normalized spacial score (nSPS) is 23.4. The molecule has 0 unspecified atom stereocenters. The average molecular weight is 240 g/mol. The molecule has 2 saturated heterocycles. The van der Waals surface area contributed by atoms with Crippen LogP contribution in [0.5, 0.6) is 0 Å². The number of hydrogen-bond donors (Lipinski definition) is 3. The molecular formula is C12H24N4O. The average Bonchev–Trinajstić information content (AvgIpc) is 2.40. The molecule has 0 spiro atoms. The fourth-order valence-corrected chi connectivity index (χ4v) is 2.60. The molecule has 2 heterocycles. The van der Waals surface area contributed by atoms with E-state index in [4.69, 9.17) is 0 Å². The Labute approximate surface area is 103 Å². The molecule has 2 amide bonds. The summed E-state index contributed by atoms with van der Waals surface area (Å²) in [5, 5.41) is 9.77. The Balaban J connectivity index is 1.77. The van der Waals surface area contributed by atoms with Crippen LogP contribution in [-0.2, 0) is 0 Å². The van der Waals surface area contributed by atoms with Crippen molar-refractivity contribution in [2.75, 3.05) is 33.2 Å². The number of carbonyl (C=O) groups excluding carboxylic acids is 1. The van der Waals surface area contributed by atoms with Crippen molar-refractivity contribution in [3.8, 4) is 0 Å². The molecule has 0 atom stereocenters. The third kappa shape index (κ3) is 3.57. The van der Waals surface area contributed by atoms with Crippen LogP contribution in [0.4, 0.5) is 4.79 Å². The van der Waals surface area contributed by atoms with E-state index < -0.39 is 0 Å². The first-order valence-electron chi connectivity index (χ1n) is 6.72. The second-order valence-corrected chi connectivity index (χ2v) is 5.07. The molecule has 0 aromatic rings. The minimum Gasteiger partial charge on any atom is -0.335 e. The van der Waals surface area contributed by atoms with Gasteiger partial charge in [0.25, 0.3) is 0 Å². The van der Waals surface area contributed by atoms with Crippen LogP contribution >= 0.6 is 0 Å². The predicted octanol–water partition coefficient (Wildman–Crippen LogP) is 0.132. The highest BCUT2D eigenvalue weighted by Gasteiger charge is 2.24. The zero-order valence-corrected chi connectivity index (χ0v) is 10.7. The van der Waals surface area contributed by atoms with Crippen molar-refractivity contribution in [3.63, 3.8) is 0 Å². The zero-order valence-electron chi connectivity index (χ0n) is 10.7. The van der Waals surface area contributed by atoms with E-state index in [0.29, 0.717) is 12.1 Å². The van der Waals surface area contributed by atoms with E-state index in [1.165, 1.54) is 0 Å². The van der Waals surface area contributed by atoms with Crippen molar-refractivity contribution in [1.29, 1.82) is 0 Å². The third-order valence-electron chi connectivity index (χ3n) is 3.84. The monoisotopic (exact) mass is 240 g/mol. The number of rotatable bonds is 2. The van der Waals surface area contributed by atoms with Crippen molar-refractivity contribution < 1.29 is 4.79 Å². The Hall–Kier alpha value is -0.810. The van der Waals surface area contributed by atoms with Crippen LogP contribution in [0.25, 0.3) is 0 Å². The van der Waals surface area contributed by atoms with E-state index >= 15 is 0 Å². The highest BCUT2D eigenvalue weighted by Crippen LogP contribution is 2.11. The van der Waals surface area contributed by atoms with Crippen LogP contribution < -0.4 is 16.0 Å². The van der Waals surface area contributed by atoms with E-state index in [1.54, 1.807) is 0 Å². The summed E-state index contributed by atoms with van der Waals surface area (Å²) in [6.45, 7) is 4.08. The quantitative estimate of drug-likeness (QED) is 0.643. The molecule has 5 heteroatoms. The number of urea groups is 1. The molecule has 2 aliphatic rings. The van der Waals surface area contributed by atoms with Crippen LogP contribution in [0.15, 0.2) is 0 Å². The van der Waals surface area contributed by atoms with E-state index in [1.807, 2.05) is 11.9 Å². The van der Waals surface area contributed by atoms with Gasteiger partial charge in [0.1, 0.15) is 0 Å². The van der Waals surface area contributed by atoms with Gasteiger partial charge in [-0.2, -0.15) is 0 Å². The summed E-state index contributed by atoms with van der Waals surface area (Å²) in [5.41, 5.74) is 0. The van der Waals surface area contributed by atoms with Crippen molar-refractivity contribution >= 4 is 6.03 Å². The topological polar surface area (TPSA) is 56.4 Å². The summed E-state index contributed by atoms with van der Waals surface area (Å²) in [6, 6.07) is 0.856. The van der Waals surface area contributed by atoms with E-state index in [9.17, 15) is 4.79 Å². The highest BCUT2D eigenvalue weighted by atomic mass is 16.2. The minimum atomic E-state index is 0.101. The van der Waals surface area contributed by atoms with Crippen LogP contribution in [-0.4, -0.2) is 56.2 Å². The first-order valence-corrected chi connectivity index (χ1v) is 6.72. The molecule has 0 saturated carbocycles. The SMILES string of the molecule is CN(C(=O)NC1CCNCC1)C1CCNCC1. The molecular weight excluding hydrogens is 216 g/mol. The number of amides is 2. The minimum absolute atomic E-state index is 0.101. The fraction of sp³-hybridized carbons (Fsp3) is 0.917. The largest absolute Gasteiger partial charge is 0.335 e. The predicted molar refractivity (Wildman–Crippen MR) is 68.1 cm³/mol. The second kappa shape index (κ2) is 6.21. The van der Waals surface area contributed by atoms with Gasteiger partial charge in [0.2, 0.25) is 0 Å². The number of hydrogen-bond acceptors (Lipinski definition) is 3. The Morgan fingerprint density at radius 3 is 2.18 bits per heavy atom. The number of nitrogens with zero attached hydrogens (tertiary/aromatic N) is 1. The standard InChI is InChI=1S/C12H24N4O/c1-16(11-4-8-14-9-5-11)12(17)15-10-2-6-13-7-3-10/h10-11,13-14H,2-9H2,1H3,(H,15,17). The molecule has 0 aromatic heterocycles. The van der Waals surface area contributed by atoms with E-state index in [0.717, 1.165) is 51.9 Å².